The highest BCUT2D eigenvalue weighted by atomic mass is 32.1. The van der Waals surface area contributed by atoms with Crippen LogP contribution in [0.1, 0.15) is 54.7 Å². The molecule has 0 aliphatic heterocycles. The van der Waals surface area contributed by atoms with Gasteiger partial charge in [0.15, 0.2) is 5.65 Å². The number of pyridine rings is 2. The first-order valence-corrected chi connectivity index (χ1v) is 10.9. The van der Waals surface area contributed by atoms with Gasteiger partial charge in [-0.05, 0) is 55.4 Å². The minimum atomic E-state index is -0.357. The van der Waals surface area contributed by atoms with Crippen LogP contribution in [-0.4, -0.2) is 24.9 Å². The van der Waals surface area contributed by atoms with Crippen molar-refractivity contribution in [3.05, 3.63) is 41.2 Å². The third-order valence-electron chi connectivity index (χ3n) is 6.21. The van der Waals surface area contributed by atoms with Gasteiger partial charge in [-0.15, -0.1) is 11.3 Å². The first kappa shape index (κ1) is 16.6. The topological polar surface area (TPSA) is 63.8 Å². The Labute approximate surface area is 167 Å². The molecule has 142 valence electrons. The molecule has 4 aromatic rings. The SMILES string of the molecule is Cn1cc2cc(-c3cc(C4CC4)nc4sc(C(O)C5CCC5)cc34)cnc2n1. The molecule has 2 aliphatic rings. The fourth-order valence-corrected chi connectivity index (χ4v) is 5.34. The van der Waals surface area contributed by atoms with E-state index in [9.17, 15) is 5.11 Å². The molecule has 0 spiro atoms. The molecule has 2 aliphatic carbocycles. The van der Waals surface area contributed by atoms with Crippen LogP contribution >= 0.6 is 11.3 Å². The van der Waals surface area contributed by atoms with Crippen molar-refractivity contribution in [1.82, 2.24) is 19.7 Å². The van der Waals surface area contributed by atoms with Crippen LogP contribution in [0.25, 0.3) is 32.4 Å². The third kappa shape index (κ3) is 2.66. The smallest absolute Gasteiger partial charge is 0.181 e. The zero-order valence-electron chi connectivity index (χ0n) is 15.8. The lowest BCUT2D eigenvalue weighted by Gasteiger charge is -2.29. The van der Waals surface area contributed by atoms with E-state index in [-0.39, 0.29) is 6.10 Å². The van der Waals surface area contributed by atoms with Gasteiger partial charge in [0, 0.05) is 52.3 Å². The van der Waals surface area contributed by atoms with Gasteiger partial charge < -0.3 is 5.11 Å². The van der Waals surface area contributed by atoms with Crippen molar-refractivity contribution in [2.45, 2.75) is 44.1 Å². The Morgan fingerprint density at radius 3 is 2.79 bits per heavy atom. The second kappa shape index (κ2) is 6.09. The molecule has 6 heteroatoms. The summed E-state index contributed by atoms with van der Waals surface area (Å²) in [4.78, 5) is 11.6. The highest BCUT2D eigenvalue weighted by Crippen LogP contribution is 2.46. The van der Waals surface area contributed by atoms with Crippen molar-refractivity contribution in [3.63, 3.8) is 0 Å². The minimum absolute atomic E-state index is 0.357. The van der Waals surface area contributed by atoms with Gasteiger partial charge in [-0.1, -0.05) is 6.42 Å². The summed E-state index contributed by atoms with van der Waals surface area (Å²) in [7, 11) is 1.92. The molecule has 28 heavy (non-hydrogen) atoms. The lowest BCUT2D eigenvalue weighted by molar-refractivity contribution is 0.0650. The average molecular weight is 391 g/mol. The maximum Gasteiger partial charge on any atom is 0.181 e. The summed E-state index contributed by atoms with van der Waals surface area (Å²) in [5.74, 6) is 0.994. The van der Waals surface area contributed by atoms with E-state index in [4.69, 9.17) is 4.98 Å². The molecular weight excluding hydrogens is 368 g/mol. The molecule has 0 bridgehead atoms. The van der Waals surface area contributed by atoms with Crippen LogP contribution in [0.4, 0.5) is 0 Å². The fraction of sp³-hybridized carbons (Fsp3) is 0.409. The monoisotopic (exact) mass is 390 g/mol. The van der Waals surface area contributed by atoms with Gasteiger partial charge in [-0.25, -0.2) is 9.97 Å². The van der Waals surface area contributed by atoms with Crippen molar-refractivity contribution in [2.24, 2.45) is 13.0 Å². The number of hydrogen-bond acceptors (Lipinski definition) is 5. The summed E-state index contributed by atoms with van der Waals surface area (Å²) < 4.78 is 1.80. The van der Waals surface area contributed by atoms with Crippen LogP contribution in [0.2, 0.25) is 0 Å². The fourth-order valence-electron chi connectivity index (χ4n) is 4.19. The zero-order valence-corrected chi connectivity index (χ0v) is 16.6. The Balaban J connectivity index is 1.53. The molecule has 6 rings (SSSR count). The molecule has 5 nitrogen and oxygen atoms in total. The van der Waals surface area contributed by atoms with Gasteiger partial charge in [-0.3, -0.25) is 4.68 Å². The van der Waals surface area contributed by atoms with E-state index < -0.39 is 0 Å². The molecular formula is C22H22N4OS. The van der Waals surface area contributed by atoms with Crippen molar-refractivity contribution in [2.75, 3.05) is 0 Å². The highest BCUT2D eigenvalue weighted by Gasteiger charge is 2.30. The second-order valence-electron chi connectivity index (χ2n) is 8.31. The maximum atomic E-state index is 10.8. The molecule has 0 radical (unpaired) electrons. The number of aromatic nitrogens is 4. The van der Waals surface area contributed by atoms with Gasteiger partial charge in [-0.2, -0.15) is 5.10 Å². The van der Waals surface area contributed by atoms with Crippen molar-refractivity contribution in [3.8, 4) is 11.1 Å². The normalized spacial score (nSPS) is 18.6. The number of rotatable bonds is 4. The molecule has 1 atom stereocenters. The lowest BCUT2D eigenvalue weighted by Crippen LogP contribution is -2.19. The van der Waals surface area contributed by atoms with E-state index in [1.54, 1.807) is 16.0 Å². The Kier molecular flexibility index (Phi) is 3.62. The van der Waals surface area contributed by atoms with Gasteiger partial charge in [0.1, 0.15) is 4.83 Å². The molecule has 0 aromatic carbocycles. The summed E-state index contributed by atoms with van der Waals surface area (Å²) in [5.41, 5.74) is 4.22. The predicted octanol–water partition coefficient (Wildman–Crippen LogP) is 4.96. The van der Waals surface area contributed by atoms with Gasteiger partial charge in [0.25, 0.3) is 0 Å². The van der Waals surface area contributed by atoms with Crippen LogP contribution in [-0.2, 0) is 7.05 Å². The molecule has 4 heterocycles. The Morgan fingerprint density at radius 2 is 2.04 bits per heavy atom. The molecule has 0 amide bonds. The second-order valence-corrected chi connectivity index (χ2v) is 9.37. The summed E-state index contributed by atoms with van der Waals surface area (Å²) in [5, 5.41) is 17.4. The Bertz CT molecular complexity index is 1200. The van der Waals surface area contributed by atoms with Crippen molar-refractivity contribution >= 4 is 32.6 Å². The zero-order chi connectivity index (χ0) is 18.8. The summed E-state index contributed by atoms with van der Waals surface area (Å²) in [6.45, 7) is 0. The first-order valence-electron chi connectivity index (χ1n) is 10.1. The number of aliphatic hydroxyl groups is 1. The number of aliphatic hydroxyl groups excluding tert-OH is 1. The lowest BCUT2D eigenvalue weighted by atomic mass is 9.80. The highest BCUT2D eigenvalue weighted by molar-refractivity contribution is 7.18. The van der Waals surface area contributed by atoms with Gasteiger partial charge in [0.05, 0.1) is 6.10 Å². The average Bonchev–Trinajstić information content (AvgIpc) is 3.28. The minimum Gasteiger partial charge on any atom is -0.387 e. The van der Waals surface area contributed by atoms with Crippen LogP contribution in [0, 0.1) is 5.92 Å². The molecule has 2 saturated carbocycles. The quantitative estimate of drug-likeness (QED) is 0.535. The van der Waals surface area contributed by atoms with E-state index in [0.29, 0.717) is 11.8 Å². The number of nitrogens with zero attached hydrogens (tertiary/aromatic N) is 4. The van der Waals surface area contributed by atoms with Crippen LogP contribution in [0.5, 0.6) is 0 Å². The summed E-state index contributed by atoms with van der Waals surface area (Å²) >= 11 is 1.66. The first-order chi connectivity index (χ1) is 13.7. The number of thiophene rings is 1. The van der Waals surface area contributed by atoms with E-state index >= 15 is 0 Å². The standard InChI is InChI=1S/C22H22N4OS/c1-26-11-15-7-14(10-23-21(15)25-26)16-8-18(12-5-6-12)24-22-17(16)9-19(28-22)20(27)13-3-2-4-13/h7-13,20,27H,2-6H2,1H3. The van der Waals surface area contributed by atoms with E-state index in [1.807, 2.05) is 19.4 Å². The Morgan fingerprint density at radius 1 is 1.18 bits per heavy atom. The Hall–Kier alpha value is -2.31. The van der Waals surface area contributed by atoms with Crippen molar-refractivity contribution < 1.29 is 5.11 Å². The van der Waals surface area contributed by atoms with E-state index in [0.717, 1.165) is 44.5 Å². The van der Waals surface area contributed by atoms with E-state index in [2.05, 4.69) is 28.3 Å². The molecule has 2 fully saturated rings. The van der Waals surface area contributed by atoms with Crippen molar-refractivity contribution in [1.29, 1.82) is 0 Å². The predicted molar refractivity (Wildman–Crippen MR) is 111 cm³/mol. The van der Waals surface area contributed by atoms with Crippen LogP contribution in [0.15, 0.2) is 30.6 Å². The third-order valence-corrected chi connectivity index (χ3v) is 7.31. The van der Waals surface area contributed by atoms with Gasteiger partial charge in [0.2, 0.25) is 0 Å². The molecule has 4 aromatic heterocycles. The van der Waals surface area contributed by atoms with Crippen LogP contribution in [0.3, 0.4) is 0 Å². The van der Waals surface area contributed by atoms with Gasteiger partial charge >= 0.3 is 0 Å². The molecule has 1 unspecified atom stereocenters. The molecule has 0 saturated heterocycles. The number of hydrogen-bond donors (Lipinski definition) is 1. The number of aryl methyl sites for hydroxylation is 1. The van der Waals surface area contributed by atoms with Crippen LogP contribution < -0.4 is 0 Å². The maximum absolute atomic E-state index is 10.8. The number of fused-ring (bicyclic) bond motifs is 2. The van der Waals surface area contributed by atoms with E-state index in [1.165, 1.54) is 30.5 Å². The summed E-state index contributed by atoms with van der Waals surface area (Å²) in [6.07, 6.45) is 9.51. The summed E-state index contributed by atoms with van der Waals surface area (Å²) in [6, 6.07) is 6.57. The largest absolute Gasteiger partial charge is 0.387 e. The molecule has 1 N–H and O–H groups in total.